The van der Waals surface area contributed by atoms with Gasteiger partial charge in [0.2, 0.25) is 17.2 Å². The molecule has 0 bridgehead atoms. The number of carbonyl (C=O) groups excluding carboxylic acids is 2. The molecule has 2 aromatic rings. The van der Waals surface area contributed by atoms with Crippen molar-refractivity contribution in [1.82, 2.24) is 15.1 Å². The molecule has 1 aliphatic heterocycles. The molecule has 8 nitrogen and oxygen atoms in total. The number of fused-ring (bicyclic) bond motifs is 1. The van der Waals surface area contributed by atoms with Gasteiger partial charge >= 0.3 is 0 Å². The zero-order valence-corrected chi connectivity index (χ0v) is 17.7. The van der Waals surface area contributed by atoms with Crippen LogP contribution in [0.4, 0.5) is 0 Å². The molecule has 1 aromatic carbocycles. The topological polar surface area (TPSA) is 91.7 Å². The molecule has 158 valence electrons. The minimum absolute atomic E-state index is 0.126. The molecule has 0 saturated heterocycles. The third kappa shape index (κ3) is 3.02. The Morgan fingerprint density at radius 1 is 1.33 bits per heavy atom. The van der Waals surface area contributed by atoms with E-state index >= 15 is 0 Å². The van der Waals surface area contributed by atoms with E-state index in [1.165, 1.54) is 26.4 Å². The van der Waals surface area contributed by atoms with E-state index in [0.29, 0.717) is 25.3 Å². The molecule has 1 aliphatic carbocycles. The highest BCUT2D eigenvalue weighted by Gasteiger charge is 2.60. The van der Waals surface area contributed by atoms with E-state index < -0.39 is 23.1 Å². The fourth-order valence-corrected chi connectivity index (χ4v) is 4.28. The molecule has 0 fully saturated rings. The number of nitrogens with one attached hydrogen (secondary N) is 1. The Bertz CT molecular complexity index is 1030. The van der Waals surface area contributed by atoms with Crippen molar-refractivity contribution >= 4 is 23.2 Å². The van der Waals surface area contributed by atoms with E-state index in [0.717, 1.165) is 5.70 Å². The zero-order valence-electron chi connectivity index (χ0n) is 16.9. The summed E-state index contributed by atoms with van der Waals surface area (Å²) in [5, 5.41) is 7.55. The number of hydrogen-bond donors (Lipinski definition) is 1. The lowest BCUT2D eigenvalue weighted by Gasteiger charge is -2.35. The predicted molar refractivity (Wildman–Crippen MR) is 109 cm³/mol. The van der Waals surface area contributed by atoms with Gasteiger partial charge in [-0.15, -0.1) is 0 Å². The second-order valence-electron chi connectivity index (χ2n) is 7.30. The molecular formula is C21H22ClN3O5. The highest BCUT2D eigenvalue weighted by atomic mass is 35.5. The largest absolute Gasteiger partial charge is 0.496 e. The van der Waals surface area contributed by atoms with Crippen molar-refractivity contribution in [3.05, 3.63) is 46.9 Å². The van der Waals surface area contributed by atoms with Gasteiger partial charge in [-0.2, -0.15) is 5.10 Å². The number of aromatic nitrogens is 2. The zero-order chi connectivity index (χ0) is 21.5. The van der Waals surface area contributed by atoms with Crippen LogP contribution in [0.25, 0.3) is 0 Å². The lowest BCUT2D eigenvalue weighted by atomic mass is 9.74. The number of methoxy groups -OCH3 is 2. The first kappa shape index (κ1) is 20.3. The summed E-state index contributed by atoms with van der Waals surface area (Å²) < 4.78 is 18.4. The van der Waals surface area contributed by atoms with Crippen LogP contribution in [0.1, 0.15) is 23.7 Å². The first-order valence-electron chi connectivity index (χ1n) is 9.57. The second kappa shape index (κ2) is 7.68. The van der Waals surface area contributed by atoms with Gasteiger partial charge in [-0.05, 0) is 12.5 Å². The molecule has 1 spiro atoms. The Morgan fingerprint density at radius 3 is 2.73 bits per heavy atom. The molecule has 9 heteroatoms. The van der Waals surface area contributed by atoms with Crippen LogP contribution >= 0.6 is 11.6 Å². The number of rotatable bonds is 6. The number of benzene rings is 1. The van der Waals surface area contributed by atoms with Gasteiger partial charge in [0, 0.05) is 42.7 Å². The number of carbonyl (C=O) groups is 2. The maximum Gasteiger partial charge on any atom is 0.236 e. The predicted octanol–water partition coefficient (Wildman–Crippen LogP) is 2.65. The van der Waals surface area contributed by atoms with Gasteiger partial charge in [0.15, 0.2) is 5.75 Å². The first-order valence-corrected chi connectivity index (χ1v) is 9.94. The fraction of sp³-hybridized carbons (Fsp3) is 0.381. The van der Waals surface area contributed by atoms with Gasteiger partial charge in [0.05, 0.1) is 20.8 Å². The molecule has 0 radical (unpaired) electrons. The highest BCUT2D eigenvalue weighted by molar-refractivity contribution is 6.36. The Kier molecular flexibility index (Phi) is 5.19. The van der Waals surface area contributed by atoms with Crippen molar-refractivity contribution in [1.29, 1.82) is 0 Å². The maximum absolute atomic E-state index is 13.4. The Labute approximate surface area is 178 Å². The van der Waals surface area contributed by atoms with E-state index in [2.05, 4.69) is 10.4 Å². The van der Waals surface area contributed by atoms with Crippen molar-refractivity contribution in [2.45, 2.75) is 25.5 Å². The van der Waals surface area contributed by atoms with E-state index in [1.54, 1.807) is 10.9 Å². The van der Waals surface area contributed by atoms with E-state index in [1.807, 2.05) is 19.2 Å². The van der Waals surface area contributed by atoms with Crippen molar-refractivity contribution in [2.75, 3.05) is 20.8 Å². The third-order valence-corrected chi connectivity index (χ3v) is 5.92. The van der Waals surface area contributed by atoms with Crippen molar-refractivity contribution in [2.24, 2.45) is 5.92 Å². The van der Waals surface area contributed by atoms with Gasteiger partial charge in [0.25, 0.3) is 0 Å². The molecule has 0 saturated carbocycles. The normalized spacial score (nSPS) is 22.5. The number of halogens is 1. The Balaban J connectivity index is 1.61. The molecular weight excluding hydrogens is 410 g/mol. The summed E-state index contributed by atoms with van der Waals surface area (Å²) in [5.41, 5.74) is -0.723. The quantitative estimate of drug-likeness (QED) is 0.703. The smallest absolute Gasteiger partial charge is 0.236 e. The molecule has 0 amide bonds. The van der Waals surface area contributed by atoms with Crippen LogP contribution in [0.15, 0.2) is 36.3 Å². The monoisotopic (exact) mass is 431 g/mol. The average molecular weight is 432 g/mol. The van der Waals surface area contributed by atoms with Crippen LogP contribution < -0.4 is 19.5 Å². The number of nitrogens with zero attached hydrogens (tertiary/aromatic N) is 2. The SMILES string of the molecule is COc1cc(OC)c2c(c1Cl)OC1(C(=O)C=C(NCCn3cccn3)CC1C)C2=O. The second-order valence-corrected chi connectivity index (χ2v) is 7.68. The summed E-state index contributed by atoms with van der Waals surface area (Å²) in [6.45, 7) is 3.08. The number of ketones is 2. The van der Waals surface area contributed by atoms with Gasteiger partial charge in [-0.1, -0.05) is 18.5 Å². The van der Waals surface area contributed by atoms with Crippen molar-refractivity contribution < 1.29 is 23.8 Å². The van der Waals surface area contributed by atoms with Crippen LogP contribution in [-0.2, 0) is 11.3 Å². The Morgan fingerprint density at radius 2 is 2.10 bits per heavy atom. The first-order chi connectivity index (χ1) is 14.4. The van der Waals surface area contributed by atoms with Gasteiger partial charge in [-0.25, -0.2) is 0 Å². The van der Waals surface area contributed by atoms with Crippen molar-refractivity contribution in [3.8, 4) is 17.2 Å². The molecule has 1 N–H and O–H groups in total. The number of hydrogen-bond acceptors (Lipinski definition) is 7. The summed E-state index contributed by atoms with van der Waals surface area (Å²) >= 11 is 6.39. The van der Waals surface area contributed by atoms with Crippen LogP contribution in [0.2, 0.25) is 5.02 Å². The molecule has 2 atom stereocenters. The van der Waals surface area contributed by atoms with Gasteiger partial charge in [-0.3, -0.25) is 14.3 Å². The summed E-state index contributed by atoms with van der Waals surface area (Å²) in [6, 6.07) is 3.38. The maximum atomic E-state index is 13.4. The van der Waals surface area contributed by atoms with Crippen molar-refractivity contribution in [3.63, 3.8) is 0 Å². The summed E-state index contributed by atoms with van der Waals surface area (Å²) in [5.74, 6) is -0.565. The minimum Gasteiger partial charge on any atom is -0.496 e. The van der Waals surface area contributed by atoms with Gasteiger partial charge in [0.1, 0.15) is 22.1 Å². The summed E-state index contributed by atoms with van der Waals surface area (Å²) in [7, 11) is 2.90. The molecule has 4 rings (SSSR count). The lowest BCUT2D eigenvalue weighted by molar-refractivity contribution is -0.129. The third-order valence-electron chi connectivity index (χ3n) is 5.56. The van der Waals surface area contributed by atoms with E-state index in [4.69, 9.17) is 25.8 Å². The fourth-order valence-electron chi connectivity index (χ4n) is 4.02. The average Bonchev–Trinajstić information content (AvgIpc) is 3.35. The molecule has 2 heterocycles. The lowest BCUT2D eigenvalue weighted by Crippen LogP contribution is -2.55. The number of allylic oxidation sites excluding steroid dienone is 1. The van der Waals surface area contributed by atoms with E-state index in [9.17, 15) is 9.59 Å². The molecule has 30 heavy (non-hydrogen) atoms. The highest BCUT2D eigenvalue weighted by Crippen LogP contribution is 2.52. The number of Topliss-reactive ketones (excluding diaryl/α,β-unsaturated/α-hetero) is 1. The minimum atomic E-state index is -1.65. The van der Waals surface area contributed by atoms with Crippen LogP contribution in [0.5, 0.6) is 17.2 Å². The standard InChI is InChI=1S/C21H22ClN3O5/c1-12-9-13(23-6-8-25-7-4-5-24-25)10-16(26)21(12)20(27)17-14(28-2)11-15(29-3)18(22)19(17)30-21/h4-5,7,10-12,23H,6,8-9H2,1-3H3. The van der Waals surface area contributed by atoms with Gasteiger partial charge < -0.3 is 19.5 Å². The molecule has 1 aromatic heterocycles. The molecule has 2 unspecified atom stereocenters. The number of ether oxygens (including phenoxy) is 3. The van der Waals surface area contributed by atoms with E-state index in [-0.39, 0.29) is 22.1 Å². The summed E-state index contributed by atoms with van der Waals surface area (Å²) in [6.07, 6.45) is 5.50. The Hall–Kier alpha value is -3.00. The molecule has 2 aliphatic rings. The van der Waals surface area contributed by atoms with Crippen LogP contribution in [0, 0.1) is 5.92 Å². The summed E-state index contributed by atoms with van der Waals surface area (Å²) in [4.78, 5) is 26.6. The van der Waals surface area contributed by atoms with Crippen LogP contribution in [0.3, 0.4) is 0 Å². The van der Waals surface area contributed by atoms with Crippen LogP contribution in [-0.4, -0.2) is 47.7 Å².